The molecule has 0 unspecified atom stereocenters. The molecule has 0 amide bonds. The molecule has 0 spiro atoms. The van der Waals surface area contributed by atoms with E-state index in [2.05, 4.69) is 25.6 Å². The molecule has 46 valence electrons. The van der Waals surface area contributed by atoms with E-state index < -0.39 is 0 Å². The molecule has 0 fully saturated rings. The van der Waals surface area contributed by atoms with Gasteiger partial charge in [-0.2, -0.15) is 0 Å². The Balaban J connectivity index is 0.000000640. The van der Waals surface area contributed by atoms with E-state index in [1.165, 1.54) is 12.0 Å². The van der Waals surface area contributed by atoms with E-state index in [1.807, 2.05) is 0 Å². The summed E-state index contributed by atoms with van der Waals surface area (Å²) in [6, 6.07) is 0. The summed E-state index contributed by atoms with van der Waals surface area (Å²) in [6.07, 6.45) is 5.91. The molecule has 0 radical (unpaired) electrons. The molecule has 1 aliphatic carbocycles. The van der Waals surface area contributed by atoms with Gasteiger partial charge in [0.25, 0.3) is 0 Å². The van der Waals surface area contributed by atoms with E-state index in [-0.39, 0.29) is 39.1 Å². The molecule has 0 aliphatic heterocycles. The molecule has 0 aromatic carbocycles. The van der Waals surface area contributed by atoms with Crippen molar-refractivity contribution >= 4 is 39.1 Å². The van der Waals surface area contributed by atoms with Crippen molar-refractivity contribution < 1.29 is 0 Å². The first-order valence-electron chi connectivity index (χ1n) is 3.19. The van der Waals surface area contributed by atoms with E-state index in [0.717, 1.165) is 0 Å². The van der Waals surface area contributed by atoms with Gasteiger partial charge < -0.3 is 0 Å². The zero-order valence-electron chi connectivity index (χ0n) is 5.57. The van der Waals surface area contributed by atoms with Crippen molar-refractivity contribution in [1.82, 2.24) is 0 Å². The second-order valence-electron chi connectivity index (χ2n) is 2.31. The Bertz CT molecular complexity index is 147. The van der Waals surface area contributed by atoms with Crippen LogP contribution in [0.4, 0.5) is 0 Å². The summed E-state index contributed by atoms with van der Waals surface area (Å²) < 4.78 is 0. The van der Waals surface area contributed by atoms with Crippen LogP contribution in [0.5, 0.6) is 0 Å². The topological polar surface area (TPSA) is 0 Å². The minimum atomic E-state index is 0. The molecule has 1 rings (SSSR count). The normalized spacial score (nSPS) is 17.6. The van der Waals surface area contributed by atoms with Crippen LogP contribution in [0.3, 0.4) is 0 Å². The monoisotopic (exact) mass is 148 g/mol. The second kappa shape index (κ2) is 4.50. The Morgan fingerprint density at radius 1 is 1.56 bits per heavy atom. The van der Waals surface area contributed by atoms with Crippen LogP contribution in [-0.2, 0) is 0 Å². The van der Waals surface area contributed by atoms with Gasteiger partial charge in [0.05, 0.1) is 0 Å². The summed E-state index contributed by atoms with van der Waals surface area (Å²) in [7, 11) is 0.168. The predicted molar refractivity (Wildman–Crippen MR) is 48.0 cm³/mol. The average Bonchev–Trinajstić information content (AvgIpc) is 2.14. The van der Waals surface area contributed by atoms with Crippen molar-refractivity contribution in [1.29, 1.82) is 0 Å². The van der Waals surface area contributed by atoms with Crippen LogP contribution >= 0.6 is 0 Å². The number of hydrogen-bond acceptors (Lipinski definition) is 0. The first kappa shape index (κ1) is 9.70. The Kier molecular flexibility index (Phi) is 4.85. The minimum absolute atomic E-state index is 0. The molecule has 0 bridgehead atoms. The van der Waals surface area contributed by atoms with Crippen molar-refractivity contribution in [3.63, 3.8) is 0 Å². The molecule has 0 nitrogen and oxygen atoms in total. The van der Waals surface area contributed by atoms with Gasteiger partial charge in [-0.05, 0) is 13.3 Å². The van der Waals surface area contributed by atoms with Gasteiger partial charge >= 0.3 is 29.6 Å². The van der Waals surface area contributed by atoms with Gasteiger partial charge in [0.2, 0.25) is 0 Å². The molecule has 0 saturated carbocycles. The maximum atomic E-state index is 2.35. The van der Waals surface area contributed by atoms with Crippen LogP contribution in [0, 0.1) is 0 Å². The van der Waals surface area contributed by atoms with Crippen LogP contribution in [0.25, 0.3) is 0 Å². The van der Waals surface area contributed by atoms with Crippen LogP contribution < -0.4 is 0 Å². The molecule has 0 saturated heterocycles. The van der Waals surface area contributed by atoms with Crippen LogP contribution in [-0.4, -0.2) is 39.1 Å². The average molecular weight is 148 g/mol. The Labute approximate surface area is 81.5 Å². The first-order valence-corrected chi connectivity index (χ1v) is 5.31. The van der Waals surface area contributed by atoms with E-state index in [1.54, 1.807) is 5.20 Å². The van der Waals surface area contributed by atoms with E-state index >= 15 is 0 Å². The summed E-state index contributed by atoms with van der Waals surface area (Å²) >= 11 is 0. The van der Waals surface area contributed by atoms with Crippen LogP contribution in [0.1, 0.15) is 13.3 Å². The van der Waals surface area contributed by atoms with E-state index in [4.69, 9.17) is 0 Å². The quantitative estimate of drug-likeness (QED) is 0.482. The summed E-state index contributed by atoms with van der Waals surface area (Å²) in [5.41, 5.74) is 1.47. The Morgan fingerprint density at radius 3 is 2.44 bits per heavy atom. The van der Waals surface area contributed by atoms with Gasteiger partial charge in [-0.15, -0.1) is 0 Å². The van der Waals surface area contributed by atoms with Gasteiger partial charge in [0.15, 0.2) is 0 Å². The van der Waals surface area contributed by atoms with Gasteiger partial charge in [-0.25, -0.2) is 0 Å². The summed E-state index contributed by atoms with van der Waals surface area (Å²) in [4.78, 5) is 0. The Morgan fingerprint density at radius 2 is 2.22 bits per heavy atom. The van der Waals surface area contributed by atoms with E-state index in [9.17, 15) is 0 Å². The van der Waals surface area contributed by atoms with Crippen LogP contribution in [0.15, 0.2) is 22.9 Å². The third-order valence-electron chi connectivity index (χ3n) is 1.57. The molecule has 0 heterocycles. The van der Waals surface area contributed by atoms with Crippen molar-refractivity contribution in [2.45, 2.75) is 19.9 Å². The fourth-order valence-electron chi connectivity index (χ4n) is 0.978. The first-order chi connectivity index (χ1) is 3.83. The fraction of sp³-hybridized carbons (Fsp3) is 0.429. The second-order valence-corrected chi connectivity index (χ2v) is 3.92. The van der Waals surface area contributed by atoms with Gasteiger partial charge in [0, 0.05) is 9.52 Å². The fourth-order valence-corrected chi connectivity index (χ4v) is 1.94. The zero-order valence-corrected chi connectivity index (χ0v) is 6.98. The van der Waals surface area contributed by atoms with Crippen molar-refractivity contribution in [3.05, 3.63) is 22.9 Å². The van der Waals surface area contributed by atoms with Gasteiger partial charge in [-0.3, -0.25) is 0 Å². The number of allylic oxidation sites excluding steroid dienone is 4. The van der Waals surface area contributed by atoms with Crippen LogP contribution in [0.2, 0.25) is 6.55 Å². The third-order valence-corrected chi connectivity index (χ3v) is 2.97. The molecular formula is C7H13NaSi. The molecular weight excluding hydrogens is 135 g/mol. The third kappa shape index (κ3) is 2.85. The molecule has 1 aliphatic rings. The molecule has 9 heavy (non-hydrogen) atoms. The maximum absolute atomic E-state index is 2.35. The zero-order chi connectivity index (χ0) is 5.98. The summed E-state index contributed by atoms with van der Waals surface area (Å²) in [6.45, 7) is 4.52. The Hall–Kier alpha value is 0.697. The number of hydrogen-bond donors (Lipinski definition) is 0. The standard InChI is InChI=1S/C7H12Si.Na.H/c1-6-3-4-7(5-6)8-2;;/h3,5H,4,8H2,1-2H3;;. The van der Waals surface area contributed by atoms with Crippen molar-refractivity contribution in [2.24, 2.45) is 0 Å². The molecule has 2 heteroatoms. The predicted octanol–water partition coefficient (Wildman–Crippen LogP) is 0.789. The van der Waals surface area contributed by atoms with Crippen molar-refractivity contribution in [2.75, 3.05) is 0 Å². The molecule has 0 aromatic rings. The van der Waals surface area contributed by atoms with Gasteiger partial charge in [0.1, 0.15) is 0 Å². The van der Waals surface area contributed by atoms with Crippen molar-refractivity contribution in [3.8, 4) is 0 Å². The summed E-state index contributed by atoms with van der Waals surface area (Å²) in [5.74, 6) is 0. The molecule has 0 atom stereocenters. The summed E-state index contributed by atoms with van der Waals surface area (Å²) in [5, 5.41) is 1.71. The van der Waals surface area contributed by atoms with Gasteiger partial charge in [-0.1, -0.05) is 29.5 Å². The number of rotatable bonds is 1. The SMILES string of the molecule is C[SiH2]C1=CC(C)=CC1.[NaH]. The molecule has 0 aromatic heterocycles. The molecule has 0 N–H and O–H groups in total. The van der Waals surface area contributed by atoms with E-state index in [0.29, 0.717) is 0 Å².